The maximum atomic E-state index is 4.45. The molecule has 19 heavy (non-hydrogen) atoms. The van der Waals surface area contributed by atoms with E-state index < -0.39 is 0 Å². The van der Waals surface area contributed by atoms with Crippen LogP contribution in [0, 0.1) is 19.3 Å². The topological polar surface area (TPSA) is 25.8 Å². The predicted octanol–water partition coefficient (Wildman–Crippen LogP) is 3.89. The van der Waals surface area contributed by atoms with Crippen LogP contribution in [0.4, 0.5) is 0 Å². The second-order valence-electron chi connectivity index (χ2n) is 6.47. The highest BCUT2D eigenvalue weighted by molar-refractivity contribution is 5.65. The molecule has 0 spiro atoms. The number of nitrogens with zero attached hydrogens (tertiary/aromatic N) is 2. The maximum Gasteiger partial charge on any atom is 0.0935 e. The average molecular weight is 252 g/mol. The Morgan fingerprint density at radius 2 is 1.84 bits per heavy atom. The minimum absolute atomic E-state index is 0.331. The van der Waals surface area contributed by atoms with Crippen molar-refractivity contribution < 1.29 is 0 Å². The van der Waals surface area contributed by atoms with Gasteiger partial charge >= 0.3 is 0 Å². The molecule has 1 aliphatic carbocycles. The van der Waals surface area contributed by atoms with Crippen molar-refractivity contribution in [1.82, 2.24) is 10.2 Å². The van der Waals surface area contributed by atoms with Crippen molar-refractivity contribution in [3.63, 3.8) is 0 Å². The molecular formula is C17H20N2. The predicted molar refractivity (Wildman–Crippen MR) is 78.1 cm³/mol. The lowest BCUT2D eigenvalue weighted by Gasteiger charge is -2.14. The molecule has 2 nitrogen and oxygen atoms in total. The molecule has 1 heterocycles. The molecule has 2 aromatic rings. The van der Waals surface area contributed by atoms with E-state index in [-0.39, 0.29) is 0 Å². The van der Waals surface area contributed by atoms with Crippen LogP contribution < -0.4 is 0 Å². The van der Waals surface area contributed by atoms with Gasteiger partial charge in [-0.2, -0.15) is 10.2 Å². The van der Waals surface area contributed by atoms with Gasteiger partial charge in [0, 0.05) is 5.56 Å². The third-order valence-electron chi connectivity index (χ3n) is 4.16. The fourth-order valence-corrected chi connectivity index (χ4v) is 2.95. The highest BCUT2D eigenvalue weighted by Gasteiger charge is 2.30. The zero-order valence-electron chi connectivity index (χ0n) is 12.1. The van der Waals surface area contributed by atoms with Gasteiger partial charge in [0.1, 0.15) is 0 Å². The smallest absolute Gasteiger partial charge is 0.0935 e. The van der Waals surface area contributed by atoms with Gasteiger partial charge in [0.15, 0.2) is 0 Å². The summed E-state index contributed by atoms with van der Waals surface area (Å²) >= 11 is 0. The van der Waals surface area contributed by atoms with Gasteiger partial charge < -0.3 is 0 Å². The third kappa shape index (κ3) is 2.16. The molecule has 98 valence electrons. The Kier molecular flexibility index (Phi) is 2.70. The minimum Gasteiger partial charge on any atom is -0.155 e. The van der Waals surface area contributed by atoms with Crippen LogP contribution >= 0.6 is 0 Å². The molecule has 0 N–H and O–H groups in total. The molecule has 0 bridgehead atoms. The first-order chi connectivity index (χ1) is 8.96. The third-order valence-corrected chi connectivity index (χ3v) is 4.16. The van der Waals surface area contributed by atoms with Gasteiger partial charge in [0.05, 0.1) is 11.4 Å². The molecule has 3 rings (SSSR count). The monoisotopic (exact) mass is 252 g/mol. The number of hydrogen-bond donors (Lipinski definition) is 0. The highest BCUT2D eigenvalue weighted by Crippen LogP contribution is 2.36. The molecule has 0 saturated carbocycles. The lowest BCUT2D eigenvalue weighted by atomic mass is 9.90. The first-order valence-electron chi connectivity index (χ1n) is 6.88. The normalized spacial score (nSPS) is 16.4. The first-order valence-corrected chi connectivity index (χ1v) is 6.88. The molecule has 2 heteroatoms. The number of hydrogen-bond acceptors (Lipinski definition) is 2. The van der Waals surface area contributed by atoms with Crippen molar-refractivity contribution in [3.05, 3.63) is 46.6 Å². The van der Waals surface area contributed by atoms with Crippen molar-refractivity contribution in [1.29, 1.82) is 0 Å². The van der Waals surface area contributed by atoms with E-state index in [1.165, 1.54) is 27.9 Å². The summed E-state index contributed by atoms with van der Waals surface area (Å²) in [4.78, 5) is 0. The molecule has 0 unspecified atom stereocenters. The van der Waals surface area contributed by atoms with Crippen LogP contribution in [0.3, 0.4) is 0 Å². The molecule has 0 saturated heterocycles. The van der Waals surface area contributed by atoms with Crippen molar-refractivity contribution >= 4 is 0 Å². The second-order valence-corrected chi connectivity index (χ2v) is 6.47. The number of rotatable bonds is 1. The zero-order chi connectivity index (χ0) is 13.6. The molecule has 1 aromatic carbocycles. The van der Waals surface area contributed by atoms with Gasteiger partial charge in [-0.05, 0) is 54.9 Å². The van der Waals surface area contributed by atoms with Crippen LogP contribution in [0.25, 0.3) is 11.3 Å². The molecule has 0 atom stereocenters. The van der Waals surface area contributed by atoms with Gasteiger partial charge in [-0.3, -0.25) is 0 Å². The van der Waals surface area contributed by atoms with E-state index in [2.05, 4.69) is 62.2 Å². The number of aryl methyl sites for hydroxylation is 1. The second kappa shape index (κ2) is 4.16. The molecule has 1 aromatic heterocycles. The Bertz CT molecular complexity index is 642. The maximum absolute atomic E-state index is 4.45. The number of aromatic nitrogens is 2. The van der Waals surface area contributed by atoms with Crippen LogP contribution in [0.1, 0.15) is 36.2 Å². The Labute approximate surface area is 114 Å². The van der Waals surface area contributed by atoms with Crippen LogP contribution in [-0.2, 0) is 12.8 Å². The summed E-state index contributed by atoms with van der Waals surface area (Å²) in [6, 6.07) is 8.61. The fraction of sp³-hybridized carbons (Fsp3) is 0.412. The van der Waals surface area contributed by atoms with E-state index in [1.54, 1.807) is 0 Å². The standard InChI is InChI=1S/C17H20N2/c1-11-6-5-7-14(12(11)2)15-8-13-9-17(3,4)10-16(13)19-18-15/h5-8H,9-10H2,1-4H3. The summed E-state index contributed by atoms with van der Waals surface area (Å²) in [5.41, 5.74) is 7.71. The highest BCUT2D eigenvalue weighted by atomic mass is 15.1. The quantitative estimate of drug-likeness (QED) is 0.769. The summed E-state index contributed by atoms with van der Waals surface area (Å²) in [6.45, 7) is 8.89. The van der Waals surface area contributed by atoms with Gasteiger partial charge in [-0.25, -0.2) is 0 Å². The van der Waals surface area contributed by atoms with Crippen LogP contribution in [0.5, 0.6) is 0 Å². The van der Waals surface area contributed by atoms with E-state index in [9.17, 15) is 0 Å². The van der Waals surface area contributed by atoms with E-state index in [0.29, 0.717) is 5.41 Å². The van der Waals surface area contributed by atoms with E-state index in [0.717, 1.165) is 18.5 Å². The van der Waals surface area contributed by atoms with Gasteiger partial charge in [-0.15, -0.1) is 0 Å². The number of benzene rings is 1. The summed E-state index contributed by atoms with van der Waals surface area (Å²) < 4.78 is 0. The summed E-state index contributed by atoms with van der Waals surface area (Å²) in [6.07, 6.45) is 2.15. The molecule has 0 fully saturated rings. The van der Waals surface area contributed by atoms with Crippen molar-refractivity contribution in [3.8, 4) is 11.3 Å². The molecule has 0 radical (unpaired) electrons. The largest absolute Gasteiger partial charge is 0.155 e. The van der Waals surface area contributed by atoms with E-state index >= 15 is 0 Å². The van der Waals surface area contributed by atoms with Crippen LogP contribution in [0.15, 0.2) is 24.3 Å². The van der Waals surface area contributed by atoms with Gasteiger partial charge in [-0.1, -0.05) is 32.0 Å². The average Bonchev–Trinajstić information content (AvgIpc) is 2.65. The molecule has 0 amide bonds. The summed E-state index contributed by atoms with van der Waals surface area (Å²) in [7, 11) is 0. The van der Waals surface area contributed by atoms with Crippen LogP contribution in [-0.4, -0.2) is 10.2 Å². The Hall–Kier alpha value is -1.70. The Morgan fingerprint density at radius 3 is 2.63 bits per heavy atom. The molecule has 0 aliphatic heterocycles. The van der Waals surface area contributed by atoms with Gasteiger partial charge in [0.25, 0.3) is 0 Å². The van der Waals surface area contributed by atoms with Crippen molar-refractivity contribution in [2.75, 3.05) is 0 Å². The van der Waals surface area contributed by atoms with Crippen molar-refractivity contribution in [2.45, 2.75) is 40.5 Å². The van der Waals surface area contributed by atoms with Crippen LogP contribution in [0.2, 0.25) is 0 Å². The first kappa shape index (κ1) is 12.3. The number of fused-ring (bicyclic) bond motifs is 1. The molecular weight excluding hydrogens is 232 g/mol. The lowest BCUT2D eigenvalue weighted by Crippen LogP contribution is -2.09. The van der Waals surface area contributed by atoms with E-state index in [4.69, 9.17) is 0 Å². The summed E-state index contributed by atoms with van der Waals surface area (Å²) in [5, 5.41) is 8.89. The Morgan fingerprint density at radius 1 is 1.05 bits per heavy atom. The minimum atomic E-state index is 0.331. The SMILES string of the molecule is Cc1cccc(-c2cc3c(nn2)CC(C)(C)C3)c1C. The molecule has 1 aliphatic rings. The summed E-state index contributed by atoms with van der Waals surface area (Å²) in [5.74, 6) is 0. The lowest BCUT2D eigenvalue weighted by molar-refractivity contribution is 0.390. The Balaban J connectivity index is 2.07. The fourth-order valence-electron chi connectivity index (χ4n) is 2.95. The zero-order valence-corrected chi connectivity index (χ0v) is 12.1. The van der Waals surface area contributed by atoms with E-state index in [1.807, 2.05) is 0 Å². The van der Waals surface area contributed by atoms with Crippen molar-refractivity contribution in [2.24, 2.45) is 5.41 Å². The van der Waals surface area contributed by atoms with Gasteiger partial charge in [0.2, 0.25) is 0 Å².